The summed E-state index contributed by atoms with van der Waals surface area (Å²) in [4.78, 5) is 26.6. The van der Waals surface area contributed by atoms with Gasteiger partial charge in [-0.15, -0.1) is 0 Å². The van der Waals surface area contributed by atoms with Crippen molar-refractivity contribution >= 4 is 16.9 Å². The fourth-order valence-corrected chi connectivity index (χ4v) is 6.40. The molecule has 4 heterocycles. The van der Waals surface area contributed by atoms with Crippen molar-refractivity contribution in [3.8, 4) is 11.5 Å². The molecule has 0 amide bonds. The van der Waals surface area contributed by atoms with Crippen LogP contribution >= 0.6 is 0 Å². The van der Waals surface area contributed by atoms with E-state index >= 15 is 0 Å². The molecule has 10 heteroatoms. The van der Waals surface area contributed by atoms with Crippen LogP contribution in [0.5, 0.6) is 11.5 Å². The predicted octanol–water partition coefficient (Wildman–Crippen LogP) is 2.81. The first-order valence-electron chi connectivity index (χ1n) is 13.6. The van der Waals surface area contributed by atoms with Crippen LogP contribution in [-0.4, -0.2) is 45.7 Å². The Hall–Kier alpha value is -3.44. The number of fused-ring (bicyclic) bond motifs is 4. The quantitative estimate of drug-likeness (QED) is 0.216. The summed E-state index contributed by atoms with van der Waals surface area (Å²) in [6, 6.07) is 10.4. The van der Waals surface area contributed by atoms with Crippen molar-refractivity contribution in [3.63, 3.8) is 0 Å². The first kappa shape index (κ1) is 26.8. The lowest BCUT2D eigenvalue weighted by Gasteiger charge is -2.44. The van der Waals surface area contributed by atoms with Gasteiger partial charge >= 0.3 is 5.97 Å². The molecule has 0 bridgehead atoms. The van der Waals surface area contributed by atoms with E-state index in [0.717, 1.165) is 11.1 Å². The van der Waals surface area contributed by atoms with Crippen LogP contribution in [0, 0.1) is 6.92 Å². The highest BCUT2D eigenvalue weighted by Crippen LogP contribution is 2.53. The Morgan fingerprint density at radius 2 is 1.90 bits per heavy atom. The Kier molecular flexibility index (Phi) is 6.23. The summed E-state index contributed by atoms with van der Waals surface area (Å²) >= 11 is 0. The third-order valence-corrected chi connectivity index (χ3v) is 8.41. The monoisotopic (exact) mass is 550 g/mol. The highest BCUT2D eigenvalue weighted by molar-refractivity contribution is 5.88. The molecular weight excluding hydrogens is 516 g/mol. The topological polar surface area (TPSA) is 171 Å². The van der Waals surface area contributed by atoms with Gasteiger partial charge in [-0.1, -0.05) is 24.3 Å². The van der Waals surface area contributed by atoms with Crippen molar-refractivity contribution < 1.29 is 33.6 Å². The molecule has 40 heavy (non-hydrogen) atoms. The van der Waals surface area contributed by atoms with Crippen molar-refractivity contribution in [1.29, 1.82) is 0 Å². The smallest absolute Gasteiger partial charge is 0.341 e. The van der Waals surface area contributed by atoms with Gasteiger partial charge in [-0.2, -0.15) is 0 Å². The maximum Gasteiger partial charge on any atom is 0.341 e. The van der Waals surface area contributed by atoms with Gasteiger partial charge in [-0.25, -0.2) is 4.79 Å². The fraction of sp³-hybridized carbons (Fsp3) is 0.467. The van der Waals surface area contributed by atoms with Crippen molar-refractivity contribution in [2.24, 2.45) is 11.5 Å². The van der Waals surface area contributed by atoms with Crippen LogP contribution in [-0.2, 0) is 20.7 Å². The Bertz CT molecular complexity index is 1560. The second-order valence-electron chi connectivity index (χ2n) is 11.8. The molecule has 0 radical (unpaired) electrons. The van der Waals surface area contributed by atoms with Crippen LogP contribution in [0.4, 0.5) is 0 Å². The zero-order valence-corrected chi connectivity index (χ0v) is 22.7. The van der Waals surface area contributed by atoms with E-state index in [4.69, 9.17) is 30.1 Å². The number of aliphatic hydroxyl groups is 1. The first-order chi connectivity index (χ1) is 18.9. The first-order valence-corrected chi connectivity index (χ1v) is 13.6. The minimum Gasteiger partial charge on any atom is -0.507 e. The molecule has 5 unspecified atom stereocenters. The molecule has 2 saturated heterocycles. The molecule has 212 valence electrons. The van der Waals surface area contributed by atoms with Gasteiger partial charge in [0.05, 0.1) is 12.3 Å². The third kappa shape index (κ3) is 4.35. The van der Waals surface area contributed by atoms with Crippen molar-refractivity contribution in [2.45, 2.75) is 88.1 Å². The number of aromatic hydroxyl groups is 1. The Morgan fingerprint density at radius 3 is 2.65 bits per heavy atom. The highest BCUT2D eigenvalue weighted by atomic mass is 16.7. The number of aryl methyl sites for hydroxylation is 1. The molecule has 5 atom stereocenters. The average molecular weight is 551 g/mol. The van der Waals surface area contributed by atoms with Crippen LogP contribution in [0.25, 0.3) is 11.0 Å². The van der Waals surface area contributed by atoms with E-state index < -0.39 is 47.6 Å². The molecule has 1 spiro atoms. The van der Waals surface area contributed by atoms with Gasteiger partial charge in [-0.3, -0.25) is 4.79 Å². The lowest BCUT2D eigenvalue weighted by molar-refractivity contribution is -0.171. The SMILES string of the molecule is Cc1cc(=O)c2c(O)c3c(cc2o1)OC(C)(C)C1OC(=O)C2(CC(O)CCC31)OC2Cc1cccc(C(N)N)c1. The number of carbonyl (C=O) groups is 1. The number of aliphatic hydroxyl groups excluding tert-OH is 1. The van der Waals surface area contributed by atoms with Gasteiger partial charge in [0, 0.05) is 36.5 Å². The summed E-state index contributed by atoms with van der Waals surface area (Å²) in [6.45, 7) is 5.27. The lowest BCUT2D eigenvalue weighted by Crippen LogP contribution is -2.52. The zero-order chi connectivity index (χ0) is 28.6. The van der Waals surface area contributed by atoms with Gasteiger partial charge in [0.1, 0.15) is 46.0 Å². The number of phenolic OH excluding ortho intramolecular Hbond substituents is 1. The molecule has 2 fully saturated rings. The fourth-order valence-electron chi connectivity index (χ4n) is 6.40. The molecule has 3 aromatic rings. The molecule has 2 aromatic carbocycles. The minimum atomic E-state index is -1.31. The van der Waals surface area contributed by atoms with E-state index in [1.165, 1.54) is 6.07 Å². The molecule has 3 aliphatic rings. The van der Waals surface area contributed by atoms with E-state index in [1.807, 2.05) is 38.1 Å². The van der Waals surface area contributed by atoms with Crippen molar-refractivity contribution in [2.75, 3.05) is 0 Å². The number of ether oxygens (including phenoxy) is 3. The summed E-state index contributed by atoms with van der Waals surface area (Å²) in [6.07, 6.45) is -1.60. The summed E-state index contributed by atoms with van der Waals surface area (Å²) in [5, 5.41) is 22.4. The molecule has 3 aliphatic heterocycles. The largest absolute Gasteiger partial charge is 0.507 e. The predicted molar refractivity (Wildman–Crippen MR) is 145 cm³/mol. The summed E-state index contributed by atoms with van der Waals surface area (Å²) in [7, 11) is 0. The van der Waals surface area contributed by atoms with E-state index in [2.05, 4.69) is 0 Å². The maximum atomic E-state index is 13.8. The van der Waals surface area contributed by atoms with E-state index in [-0.39, 0.29) is 28.6 Å². The van der Waals surface area contributed by atoms with Gasteiger partial charge in [0.15, 0.2) is 11.0 Å². The normalized spacial score (nSPS) is 29.1. The number of nitrogens with two attached hydrogens (primary N) is 2. The summed E-state index contributed by atoms with van der Waals surface area (Å²) in [5.74, 6) is -0.632. The molecule has 6 rings (SSSR count). The number of phenols is 1. The van der Waals surface area contributed by atoms with Gasteiger partial charge < -0.3 is 40.3 Å². The van der Waals surface area contributed by atoms with Crippen LogP contribution in [0.1, 0.15) is 67.6 Å². The second kappa shape index (κ2) is 9.31. The van der Waals surface area contributed by atoms with Gasteiger partial charge in [-0.05, 0) is 44.7 Å². The number of carbonyl (C=O) groups excluding carboxylic acids is 1. The van der Waals surface area contributed by atoms with Crippen LogP contribution in [0.3, 0.4) is 0 Å². The molecule has 1 aromatic heterocycles. The number of benzene rings is 2. The third-order valence-electron chi connectivity index (χ3n) is 8.41. The van der Waals surface area contributed by atoms with Crippen molar-refractivity contribution in [3.05, 3.63) is 69.1 Å². The lowest BCUT2D eigenvalue weighted by atomic mass is 9.77. The highest BCUT2D eigenvalue weighted by Gasteiger charge is 2.66. The zero-order valence-electron chi connectivity index (χ0n) is 22.7. The van der Waals surface area contributed by atoms with E-state index in [1.54, 1.807) is 13.0 Å². The molecular formula is C30H34N2O8. The van der Waals surface area contributed by atoms with Crippen LogP contribution in [0.15, 0.2) is 45.6 Å². The number of epoxide rings is 1. The van der Waals surface area contributed by atoms with E-state index in [9.17, 15) is 19.8 Å². The Balaban J connectivity index is 1.36. The van der Waals surface area contributed by atoms with Crippen molar-refractivity contribution in [1.82, 2.24) is 0 Å². The van der Waals surface area contributed by atoms with E-state index in [0.29, 0.717) is 36.3 Å². The maximum absolute atomic E-state index is 13.8. The standard InChI is InChI=1S/C30H34N2O8/c1-14-9-19(34)24-20(37-14)12-21-23(25(24)35)18-8-7-17(33)13-30(28(36)38-26(18)29(2,3)39-21)22(40-30)11-15-5-4-6-16(10-15)27(31)32/h4-6,9-10,12,17-18,22,26-27,33,35H,7-8,11,13,31-32H2,1-3H3. The number of hydrogen-bond acceptors (Lipinski definition) is 10. The van der Waals surface area contributed by atoms with Gasteiger partial charge in [0.25, 0.3) is 0 Å². The van der Waals surface area contributed by atoms with Crippen LogP contribution in [0.2, 0.25) is 0 Å². The molecule has 0 saturated carbocycles. The molecule has 10 nitrogen and oxygen atoms in total. The summed E-state index contributed by atoms with van der Waals surface area (Å²) in [5.41, 5.74) is 11.2. The number of rotatable bonds is 3. The minimum absolute atomic E-state index is 0.0413. The molecule has 6 N–H and O–H groups in total. The Morgan fingerprint density at radius 1 is 1.12 bits per heavy atom. The molecule has 0 aliphatic carbocycles. The average Bonchev–Trinajstić information content (AvgIpc) is 3.54. The number of esters is 1. The number of hydrogen-bond donors (Lipinski definition) is 4. The van der Waals surface area contributed by atoms with Gasteiger partial charge in [0.2, 0.25) is 0 Å². The van der Waals surface area contributed by atoms with Crippen LogP contribution < -0.4 is 21.6 Å². The summed E-state index contributed by atoms with van der Waals surface area (Å²) < 4.78 is 24.2. The Labute approximate surface area is 230 Å². The second-order valence-corrected chi connectivity index (χ2v) is 11.8.